The van der Waals surface area contributed by atoms with Crippen molar-refractivity contribution in [2.45, 2.75) is 46.2 Å². The molecule has 2 heterocycles. The zero-order valence-corrected chi connectivity index (χ0v) is 19.2. The Morgan fingerprint density at radius 3 is 2.41 bits per heavy atom. The third-order valence-electron chi connectivity index (χ3n) is 5.41. The maximum Gasteiger partial charge on any atom is 0.171 e. The number of hydrogen-bond acceptors (Lipinski definition) is 5. The Labute approximate surface area is 182 Å². The highest BCUT2D eigenvalue weighted by atomic mass is 35.5. The molecule has 0 amide bonds. The number of halogens is 2. The lowest BCUT2D eigenvalue weighted by molar-refractivity contribution is -0.0171. The molecule has 0 N–H and O–H groups in total. The van der Waals surface area contributed by atoms with Gasteiger partial charge in [0.2, 0.25) is 0 Å². The van der Waals surface area contributed by atoms with Gasteiger partial charge >= 0.3 is 0 Å². The standard InChI is InChI=1S/C21H29Cl2N5O/c1-20(2,3)18(9-7-15-6-8-16(22)14-17(15)23)28-19(24-25-26-28)21(4,5)27-10-12-29-13-11-27/h6-9,14,18H,10-13H2,1-5H3. The minimum Gasteiger partial charge on any atom is -0.379 e. The number of morpholine rings is 1. The van der Waals surface area contributed by atoms with Crippen molar-refractivity contribution in [3.05, 3.63) is 45.7 Å². The zero-order valence-electron chi connectivity index (χ0n) is 17.7. The van der Waals surface area contributed by atoms with Crippen molar-refractivity contribution < 1.29 is 4.74 Å². The number of rotatable bonds is 5. The Morgan fingerprint density at radius 1 is 1.10 bits per heavy atom. The Morgan fingerprint density at radius 2 is 1.79 bits per heavy atom. The SMILES string of the molecule is CC(C)(C)C(C=Cc1ccc(Cl)cc1Cl)n1nnnc1C(C)(C)N1CCOCC1. The summed E-state index contributed by atoms with van der Waals surface area (Å²) >= 11 is 12.4. The van der Waals surface area contributed by atoms with E-state index in [1.54, 1.807) is 6.07 Å². The Bertz CT molecular complexity index is 866. The molecule has 8 heteroatoms. The summed E-state index contributed by atoms with van der Waals surface area (Å²) in [5, 5.41) is 14.1. The van der Waals surface area contributed by atoms with E-state index in [-0.39, 0.29) is 17.0 Å². The summed E-state index contributed by atoms with van der Waals surface area (Å²) in [6.07, 6.45) is 4.13. The lowest BCUT2D eigenvalue weighted by Crippen LogP contribution is -2.49. The lowest BCUT2D eigenvalue weighted by atomic mass is 9.85. The molecule has 29 heavy (non-hydrogen) atoms. The number of aromatic nitrogens is 4. The number of hydrogen-bond donors (Lipinski definition) is 0. The predicted octanol–water partition coefficient (Wildman–Crippen LogP) is 4.85. The van der Waals surface area contributed by atoms with Crippen molar-refractivity contribution in [1.29, 1.82) is 0 Å². The molecule has 0 bridgehead atoms. The summed E-state index contributed by atoms with van der Waals surface area (Å²) < 4.78 is 7.46. The second-order valence-corrected chi connectivity index (χ2v) is 9.78. The summed E-state index contributed by atoms with van der Waals surface area (Å²) in [5.74, 6) is 0.839. The van der Waals surface area contributed by atoms with E-state index in [0.29, 0.717) is 10.0 Å². The third-order valence-corrected chi connectivity index (χ3v) is 5.98. The monoisotopic (exact) mass is 437 g/mol. The highest BCUT2D eigenvalue weighted by Gasteiger charge is 2.38. The van der Waals surface area contributed by atoms with Crippen molar-refractivity contribution in [3.8, 4) is 0 Å². The largest absolute Gasteiger partial charge is 0.379 e. The molecule has 1 unspecified atom stereocenters. The van der Waals surface area contributed by atoms with Crippen molar-refractivity contribution in [2.75, 3.05) is 26.3 Å². The van der Waals surface area contributed by atoms with Crippen LogP contribution in [-0.2, 0) is 10.3 Å². The predicted molar refractivity (Wildman–Crippen MR) is 117 cm³/mol. The summed E-state index contributed by atoms with van der Waals surface area (Å²) in [4.78, 5) is 2.37. The van der Waals surface area contributed by atoms with Crippen LogP contribution in [0, 0.1) is 5.41 Å². The van der Waals surface area contributed by atoms with Crippen LogP contribution in [0.2, 0.25) is 10.0 Å². The molecule has 1 aliphatic rings. The molecule has 0 radical (unpaired) electrons. The van der Waals surface area contributed by atoms with Gasteiger partial charge in [-0.1, -0.05) is 62.2 Å². The Hall–Kier alpha value is -1.47. The first-order valence-corrected chi connectivity index (χ1v) is 10.6. The summed E-state index contributed by atoms with van der Waals surface area (Å²) in [6, 6.07) is 5.45. The lowest BCUT2D eigenvalue weighted by Gasteiger charge is -2.41. The zero-order chi connectivity index (χ0) is 21.2. The van der Waals surface area contributed by atoms with Gasteiger partial charge in [0.25, 0.3) is 0 Å². The molecule has 158 valence electrons. The third kappa shape index (κ3) is 5.00. The van der Waals surface area contributed by atoms with Crippen LogP contribution in [0.25, 0.3) is 6.08 Å². The molecular weight excluding hydrogens is 409 g/mol. The number of tetrazole rings is 1. The average molecular weight is 438 g/mol. The smallest absolute Gasteiger partial charge is 0.171 e. The highest BCUT2D eigenvalue weighted by Crippen LogP contribution is 2.36. The van der Waals surface area contributed by atoms with Gasteiger partial charge in [0, 0.05) is 23.1 Å². The van der Waals surface area contributed by atoms with Crippen molar-refractivity contribution in [2.24, 2.45) is 5.41 Å². The Balaban J connectivity index is 1.97. The maximum absolute atomic E-state index is 6.36. The van der Waals surface area contributed by atoms with E-state index in [1.807, 2.05) is 22.9 Å². The van der Waals surface area contributed by atoms with Gasteiger partial charge in [-0.05, 0) is 47.4 Å². The molecule has 2 aromatic rings. The van der Waals surface area contributed by atoms with Gasteiger partial charge in [-0.25, -0.2) is 4.68 Å². The quantitative estimate of drug-likeness (QED) is 0.668. The second-order valence-electron chi connectivity index (χ2n) is 8.94. The Kier molecular flexibility index (Phi) is 6.68. The summed E-state index contributed by atoms with van der Waals surface area (Å²) in [5.41, 5.74) is 0.482. The molecule has 0 aliphatic carbocycles. The van der Waals surface area contributed by atoms with Crippen LogP contribution in [0.4, 0.5) is 0 Å². The first-order valence-electron chi connectivity index (χ1n) is 9.85. The van der Waals surface area contributed by atoms with Crippen molar-refractivity contribution in [3.63, 3.8) is 0 Å². The van der Waals surface area contributed by atoms with Gasteiger partial charge in [0.1, 0.15) is 0 Å². The number of ether oxygens (including phenoxy) is 1. The van der Waals surface area contributed by atoms with Crippen molar-refractivity contribution >= 4 is 29.3 Å². The van der Waals surface area contributed by atoms with Gasteiger partial charge in [-0.3, -0.25) is 4.90 Å². The van der Waals surface area contributed by atoms with Crippen molar-refractivity contribution in [1.82, 2.24) is 25.1 Å². The van der Waals surface area contributed by atoms with Crippen LogP contribution in [0.5, 0.6) is 0 Å². The van der Waals surface area contributed by atoms with E-state index in [9.17, 15) is 0 Å². The van der Waals surface area contributed by atoms with Gasteiger partial charge in [0.15, 0.2) is 5.82 Å². The molecule has 3 rings (SSSR count). The minimum absolute atomic E-state index is 0.0560. The molecule has 1 aromatic heterocycles. The molecule has 0 spiro atoms. The number of benzene rings is 1. The fourth-order valence-electron chi connectivity index (χ4n) is 3.62. The topological polar surface area (TPSA) is 56.1 Å². The van der Waals surface area contributed by atoms with E-state index >= 15 is 0 Å². The van der Waals surface area contributed by atoms with E-state index in [0.717, 1.165) is 37.7 Å². The fraction of sp³-hybridized carbons (Fsp3) is 0.571. The fourth-order valence-corrected chi connectivity index (χ4v) is 4.09. The van der Waals surface area contributed by atoms with E-state index in [1.165, 1.54) is 0 Å². The number of allylic oxidation sites excluding steroid dienone is 1. The first-order chi connectivity index (χ1) is 13.6. The van der Waals surface area contributed by atoms with Crippen LogP contribution in [0.3, 0.4) is 0 Å². The van der Waals surface area contributed by atoms with Gasteiger partial charge in [-0.2, -0.15) is 0 Å². The van der Waals surface area contributed by atoms with E-state index in [4.69, 9.17) is 27.9 Å². The molecule has 1 atom stereocenters. The molecule has 6 nitrogen and oxygen atoms in total. The van der Waals surface area contributed by atoms with E-state index < -0.39 is 0 Å². The van der Waals surface area contributed by atoms with Gasteiger partial charge in [-0.15, -0.1) is 5.10 Å². The molecule has 1 saturated heterocycles. The molecule has 0 saturated carbocycles. The molecule has 1 aliphatic heterocycles. The van der Waals surface area contributed by atoms with E-state index in [2.05, 4.69) is 61.1 Å². The van der Waals surface area contributed by atoms with Gasteiger partial charge in [0.05, 0.1) is 24.8 Å². The highest BCUT2D eigenvalue weighted by molar-refractivity contribution is 6.35. The van der Waals surface area contributed by atoms with Crippen LogP contribution in [-0.4, -0.2) is 51.4 Å². The number of nitrogens with zero attached hydrogens (tertiary/aromatic N) is 5. The maximum atomic E-state index is 6.36. The second kappa shape index (κ2) is 8.72. The molecule has 1 aromatic carbocycles. The molecular formula is C21H29Cl2N5O. The normalized spacial score (nSPS) is 17.8. The van der Waals surface area contributed by atoms with Gasteiger partial charge < -0.3 is 4.74 Å². The first kappa shape index (κ1) is 22.2. The van der Waals surface area contributed by atoms with Crippen LogP contribution < -0.4 is 0 Å². The van der Waals surface area contributed by atoms with Crippen LogP contribution in [0.1, 0.15) is 52.0 Å². The summed E-state index contributed by atoms with van der Waals surface area (Å²) in [6.45, 7) is 14.0. The van der Waals surface area contributed by atoms with Crippen LogP contribution >= 0.6 is 23.2 Å². The average Bonchev–Trinajstić information content (AvgIpc) is 3.13. The summed E-state index contributed by atoms with van der Waals surface area (Å²) in [7, 11) is 0. The molecule has 1 fully saturated rings. The minimum atomic E-state index is -0.317. The van der Waals surface area contributed by atoms with Crippen LogP contribution in [0.15, 0.2) is 24.3 Å².